The van der Waals surface area contributed by atoms with Gasteiger partial charge in [0.15, 0.2) is 0 Å². The number of aromatic nitrogens is 2. The first kappa shape index (κ1) is 23.3. The van der Waals surface area contributed by atoms with Gasteiger partial charge in [-0.15, -0.1) is 0 Å². The Labute approximate surface area is 199 Å². The average Bonchev–Trinajstić information content (AvgIpc) is 3.56. The van der Waals surface area contributed by atoms with Crippen molar-refractivity contribution in [2.45, 2.75) is 64.3 Å². The highest BCUT2D eigenvalue weighted by Crippen LogP contribution is 2.38. The van der Waals surface area contributed by atoms with Gasteiger partial charge < -0.3 is 9.94 Å². The number of hydrogen-bond donors (Lipinski definition) is 2. The van der Waals surface area contributed by atoms with Crippen molar-refractivity contribution in [2.24, 2.45) is 7.05 Å². The standard InChI is InChI=1S/C23H31N5O5S/c1-15-21(14-24-26(15)2)27(18-9-11-33-12-10-18)34(31,32)28(30)23(29)25-22-19-7-3-5-16(19)13-17-6-4-8-20(17)22/h13-14,18,28H,3-12H2,1-2H3,(H,25,29). The van der Waals surface area contributed by atoms with Gasteiger partial charge >= 0.3 is 16.2 Å². The van der Waals surface area contributed by atoms with Crippen LogP contribution in [-0.2, 0) is 47.7 Å². The molecule has 5 rings (SSSR count). The number of carbonyl (C=O) groups excluding carboxylic acids is 1. The fourth-order valence-corrected chi connectivity index (χ4v) is 6.99. The van der Waals surface area contributed by atoms with E-state index < -0.39 is 26.8 Å². The number of hydroxylamine groups is 1. The summed E-state index contributed by atoms with van der Waals surface area (Å²) in [4.78, 5) is 13.2. The lowest BCUT2D eigenvalue weighted by Gasteiger charge is -2.36. The third kappa shape index (κ3) is 3.90. The zero-order valence-corrected chi connectivity index (χ0v) is 20.4. The van der Waals surface area contributed by atoms with Crippen molar-refractivity contribution >= 4 is 27.6 Å². The summed E-state index contributed by atoms with van der Waals surface area (Å²) in [6, 6.07) is 0.633. The van der Waals surface area contributed by atoms with Gasteiger partial charge in [0.2, 0.25) is 0 Å². The summed E-state index contributed by atoms with van der Waals surface area (Å²) in [5, 5.41) is 20.1. The zero-order chi connectivity index (χ0) is 24.0. The van der Waals surface area contributed by atoms with Crippen LogP contribution in [0.4, 0.5) is 16.2 Å². The topological polar surface area (TPSA) is 121 Å². The van der Waals surface area contributed by atoms with Crippen molar-refractivity contribution in [2.75, 3.05) is 22.8 Å². The fraction of sp³-hybridized carbons (Fsp3) is 0.565. The quantitative estimate of drug-likeness (QED) is 0.615. The Balaban J connectivity index is 1.47. The van der Waals surface area contributed by atoms with E-state index in [1.165, 1.54) is 17.3 Å². The number of fused-ring (bicyclic) bond motifs is 2. The van der Waals surface area contributed by atoms with E-state index in [1.807, 2.05) is 0 Å². The molecule has 0 radical (unpaired) electrons. The predicted molar refractivity (Wildman–Crippen MR) is 127 cm³/mol. The van der Waals surface area contributed by atoms with E-state index in [2.05, 4.69) is 16.5 Å². The van der Waals surface area contributed by atoms with Gasteiger partial charge in [0.25, 0.3) is 0 Å². The van der Waals surface area contributed by atoms with E-state index in [0.29, 0.717) is 43.1 Å². The van der Waals surface area contributed by atoms with Crippen LogP contribution in [-0.4, -0.2) is 43.5 Å². The molecule has 0 bridgehead atoms. The maximum Gasteiger partial charge on any atom is 0.436 e. The summed E-state index contributed by atoms with van der Waals surface area (Å²) in [5.41, 5.74) is 6.06. The first-order chi connectivity index (χ1) is 16.3. The number of amides is 2. The molecule has 1 saturated heterocycles. The number of aryl methyl sites for hydroxylation is 3. The predicted octanol–water partition coefficient (Wildman–Crippen LogP) is 1.55. The summed E-state index contributed by atoms with van der Waals surface area (Å²) >= 11 is 0. The molecule has 11 heteroatoms. The second kappa shape index (κ2) is 8.95. The molecule has 1 aromatic heterocycles. The van der Waals surface area contributed by atoms with E-state index >= 15 is 0 Å². The molecular formula is C23H31N5O5S. The number of carbonyl (C=O) groups is 1. The van der Waals surface area contributed by atoms with Crippen LogP contribution < -0.4 is 14.1 Å². The van der Waals surface area contributed by atoms with Crippen molar-refractivity contribution in [3.05, 3.63) is 45.4 Å². The summed E-state index contributed by atoms with van der Waals surface area (Å²) in [7, 11) is -2.93. The van der Waals surface area contributed by atoms with Crippen molar-refractivity contribution in [1.29, 1.82) is 0 Å². The molecule has 2 amide bonds. The number of rotatable bonds is 5. The van der Waals surface area contributed by atoms with Crippen LogP contribution in [0.5, 0.6) is 0 Å². The Hall–Kier alpha value is -2.47. The van der Waals surface area contributed by atoms with Gasteiger partial charge in [-0.3, -0.25) is 10.00 Å². The molecule has 0 spiro atoms. The maximum absolute atomic E-state index is 13.6. The highest BCUT2D eigenvalue weighted by atomic mass is 32.2. The molecule has 10 nitrogen and oxygen atoms in total. The minimum Gasteiger partial charge on any atom is -0.608 e. The molecule has 2 aromatic rings. The first-order valence-electron chi connectivity index (χ1n) is 11.9. The molecule has 2 heterocycles. The number of nitrogens with zero attached hydrogens (tertiary/aromatic N) is 3. The van der Waals surface area contributed by atoms with Crippen LogP contribution in [0.1, 0.15) is 53.6 Å². The molecule has 2 N–H and O–H groups in total. The minimum atomic E-state index is -4.64. The molecule has 1 atom stereocenters. The highest BCUT2D eigenvalue weighted by molar-refractivity contribution is 7.86. The number of urea groups is 1. The molecule has 34 heavy (non-hydrogen) atoms. The van der Waals surface area contributed by atoms with Crippen LogP contribution in [0.2, 0.25) is 0 Å². The molecule has 1 aromatic carbocycles. The lowest BCUT2D eigenvalue weighted by molar-refractivity contribution is -0.604. The van der Waals surface area contributed by atoms with Crippen molar-refractivity contribution < 1.29 is 22.4 Å². The van der Waals surface area contributed by atoms with Gasteiger partial charge in [-0.2, -0.15) is 18.0 Å². The smallest absolute Gasteiger partial charge is 0.436 e. The van der Waals surface area contributed by atoms with Gasteiger partial charge in [0, 0.05) is 20.3 Å². The van der Waals surface area contributed by atoms with Gasteiger partial charge in [0.05, 0.1) is 29.3 Å². The van der Waals surface area contributed by atoms with Crippen LogP contribution in [0, 0.1) is 12.1 Å². The third-order valence-electron chi connectivity index (χ3n) is 7.36. The second-order valence-corrected chi connectivity index (χ2v) is 11.1. The Bertz CT molecular complexity index is 1190. The first-order valence-corrected chi connectivity index (χ1v) is 13.4. The normalized spacial score (nSPS) is 19.0. The molecular weight excluding hydrogens is 458 g/mol. The molecule has 3 aliphatic rings. The van der Waals surface area contributed by atoms with Crippen LogP contribution in [0.3, 0.4) is 0 Å². The van der Waals surface area contributed by atoms with Crippen LogP contribution >= 0.6 is 0 Å². The average molecular weight is 490 g/mol. The SMILES string of the molecule is Cc1c(N(C2CCOCC2)S(=O)(=O)[NH+]([O-])C(=O)Nc2c3c(cc4c2CCC4)CCC3)cnn1C. The second-order valence-electron chi connectivity index (χ2n) is 9.36. The minimum absolute atomic E-state index is 0.317. The monoisotopic (exact) mass is 489 g/mol. The van der Waals surface area contributed by atoms with Crippen LogP contribution in [0.15, 0.2) is 12.3 Å². The molecule has 1 unspecified atom stereocenters. The maximum atomic E-state index is 13.6. The summed E-state index contributed by atoms with van der Waals surface area (Å²) in [6.45, 7) is 2.52. The lowest BCUT2D eigenvalue weighted by atomic mass is 9.99. The number of quaternary nitrogens is 1. The number of nitrogens with one attached hydrogen (secondary N) is 2. The molecule has 0 saturated carbocycles. The van der Waals surface area contributed by atoms with Gasteiger partial charge in [-0.25, -0.2) is 9.10 Å². The fourth-order valence-electron chi connectivity index (χ4n) is 5.48. The molecule has 1 aliphatic heterocycles. The van der Waals surface area contributed by atoms with Gasteiger partial charge in [-0.1, -0.05) is 6.07 Å². The Morgan fingerprint density at radius 2 is 1.79 bits per heavy atom. The number of hydrogen-bond acceptors (Lipinski definition) is 6. The largest absolute Gasteiger partial charge is 0.608 e. The number of benzene rings is 1. The van der Waals surface area contributed by atoms with E-state index in [9.17, 15) is 18.4 Å². The van der Waals surface area contributed by atoms with Crippen molar-refractivity contribution in [3.63, 3.8) is 0 Å². The Morgan fingerprint density at radius 3 is 2.35 bits per heavy atom. The Kier molecular flexibility index (Phi) is 6.13. The van der Waals surface area contributed by atoms with Gasteiger partial charge in [0.1, 0.15) is 0 Å². The molecule has 2 aliphatic carbocycles. The van der Waals surface area contributed by atoms with Crippen molar-refractivity contribution in [3.8, 4) is 0 Å². The third-order valence-corrected chi connectivity index (χ3v) is 9.03. The highest BCUT2D eigenvalue weighted by Gasteiger charge is 2.41. The molecule has 184 valence electrons. The number of anilines is 2. The van der Waals surface area contributed by atoms with E-state index in [-0.39, 0.29) is 0 Å². The summed E-state index contributed by atoms with van der Waals surface area (Å²) in [6.07, 6.45) is 7.81. The Morgan fingerprint density at radius 1 is 1.18 bits per heavy atom. The molecule has 1 fully saturated rings. The van der Waals surface area contributed by atoms with E-state index in [1.54, 1.807) is 18.7 Å². The van der Waals surface area contributed by atoms with E-state index in [0.717, 1.165) is 54.0 Å². The summed E-state index contributed by atoms with van der Waals surface area (Å²) in [5.74, 6) is 0. The van der Waals surface area contributed by atoms with Gasteiger partial charge in [-0.05, 0) is 80.5 Å². The number of ether oxygens (including phenoxy) is 1. The zero-order valence-electron chi connectivity index (χ0n) is 19.6. The van der Waals surface area contributed by atoms with Crippen LogP contribution in [0.25, 0.3) is 0 Å². The lowest BCUT2D eigenvalue weighted by Crippen LogP contribution is -3.14. The summed E-state index contributed by atoms with van der Waals surface area (Å²) < 4.78 is 33.9. The van der Waals surface area contributed by atoms with E-state index in [4.69, 9.17) is 4.74 Å². The van der Waals surface area contributed by atoms with Crippen molar-refractivity contribution in [1.82, 2.24) is 9.78 Å².